The van der Waals surface area contributed by atoms with E-state index in [0.717, 1.165) is 30.5 Å². The minimum atomic E-state index is 0.451. The number of hydrogen-bond donors (Lipinski definition) is 0. The average molecular weight is 314 g/mol. The second kappa shape index (κ2) is 6.49. The number of aromatic nitrogens is 3. The minimum Gasteiger partial charge on any atom is -0.290 e. The fraction of sp³-hybridized carbons (Fsp3) is 0.333. The highest BCUT2D eigenvalue weighted by Gasteiger charge is 2.19. The molecule has 3 aromatic rings. The number of hydrogen-bond acceptors (Lipinski definition) is 2. The van der Waals surface area contributed by atoms with E-state index in [0.29, 0.717) is 11.1 Å². The zero-order valence-corrected chi connectivity index (χ0v) is 13.7. The topological polar surface area (TPSA) is 30.7 Å². The van der Waals surface area contributed by atoms with Gasteiger partial charge in [0.1, 0.15) is 17.3 Å². The van der Waals surface area contributed by atoms with Gasteiger partial charge in [0.05, 0.1) is 0 Å². The normalized spacial score (nSPS) is 12.7. The molecule has 0 bridgehead atoms. The third-order valence-electron chi connectivity index (χ3n) is 4.17. The van der Waals surface area contributed by atoms with Crippen LogP contribution in [-0.2, 0) is 0 Å². The Morgan fingerprint density at radius 2 is 1.95 bits per heavy atom. The number of benzene rings is 1. The molecule has 0 spiro atoms. The van der Waals surface area contributed by atoms with Crippen molar-refractivity contribution < 1.29 is 0 Å². The average Bonchev–Trinajstić information content (AvgIpc) is 3.07. The molecule has 2 heterocycles. The van der Waals surface area contributed by atoms with Crippen LogP contribution in [0, 0.1) is 0 Å². The molecule has 3 rings (SSSR count). The molecule has 0 radical (unpaired) electrons. The number of fused-ring (bicyclic) bond motifs is 1. The quantitative estimate of drug-likeness (QED) is 0.593. The first-order valence-electron chi connectivity index (χ1n) is 7.82. The number of imidazole rings is 1. The van der Waals surface area contributed by atoms with Crippen LogP contribution in [0.5, 0.6) is 0 Å². The monoisotopic (exact) mass is 313 g/mol. The molecule has 4 heteroatoms. The van der Waals surface area contributed by atoms with Crippen molar-refractivity contribution in [1.82, 2.24) is 14.5 Å². The molecule has 0 aliphatic rings. The highest BCUT2D eigenvalue weighted by atomic mass is 35.5. The summed E-state index contributed by atoms with van der Waals surface area (Å²) in [5.74, 6) is 1.29. The van der Waals surface area contributed by atoms with Gasteiger partial charge in [0.15, 0.2) is 0 Å². The van der Waals surface area contributed by atoms with Crippen molar-refractivity contribution in [2.75, 3.05) is 0 Å². The van der Waals surface area contributed by atoms with E-state index in [9.17, 15) is 0 Å². The number of pyridine rings is 1. The van der Waals surface area contributed by atoms with Gasteiger partial charge in [-0.25, -0.2) is 9.97 Å². The third-order valence-corrected chi connectivity index (χ3v) is 4.46. The molecule has 114 valence electrons. The first-order chi connectivity index (χ1) is 10.8. The maximum absolute atomic E-state index is 6.59. The summed E-state index contributed by atoms with van der Waals surface area (Å²) < 4.78 is 1.92. The van der Waals surface area contributed by atoms with Crippen molar-refractivity contribution in [2.45, 2.75) is 39.0 Å². The molecular formula is C18H20ClN3. The molecular weight excluding hydrogens is 294 g/mol. The lowest BCUT2D eigenvalue weighted by molar-refractivity contribution is 0.598. The summed E-state index contributed by atoms with van der Waals surface area (Å²) in [6.45, 7) is 4.43. The van der Waals surface area contributed by atoms with Crippen LogP contribution in [-0.4, -0.2) is 14.5 Å². The van der Waals surface area contributed by atoms with Gasteiger partial charge in [-0.2, -0.15) is 0 Å². The molecule has 0 aliphatic heterocycles. The number of rotatable bonds is 5. The van der Waals surface area contributed by atoms with E-state index in [1.165, 1.54) is 10.9 Å². The largest absolute Gasteiger partial charge is 0.290 e. The fourth-order valence-electron chi connectivity index (χ4n) is 3.11. The molecule has 0 aliphatic carbocycles. The van der Waals surface area contributed by atoms with Crippen molar-refractivity contribution in [3.8, 4) is 5.82 Å². The van der Waals surface area contributed by atoms with Crippen LogP contribution in [0.25, 0.3) is 16.6 Å². The fourth-order valence-corrected chi connectivity index (χ4v) is 3.44. The number of nitrogens with zero attached hydrogens (tertiary/aromatic N) is 3. The van der Waals surface area contributed by atoms with E-state index in [-0.39, 0.29) is 0 Å². The van der Waals surface area contributed by atoms with Gasteiger partial charge in [-0.1, -0.05) is 56.1 Å². The zero-order chi connectivity index (χ0) is 15.5. The Morgan fingerprint density at radius 1 is 1.18 bits per heavy atom. The Bertz CT molecular complexity index is 765. The molecule has 1 unspecified atom stereocenters. The van der Waals surface area contributed by atoms with Crippen molar-refractivity contribution in [1.29, 1.82) is 0 Å². The molecule has 0 amide bonds. The van der Waals surface area contributed by atoms with Gasteiger partial charge >= 0.3 is 0 Å². The van der Waals surface area contributed by atoms with Gasteiger partial charge in [-0.3, -0.25) is 4.57 Å². The van der Waals surface area contributed by atoms with Gasteiger partial charge < -0.3 is 0 Å². The molecule has 3 nitrogen and oxygen atoms in total. The Hall–Kier alpha value is -1.87. The maximum atomic E-state index is 6.59. The predicted molar refractivity (Wildman–Crippen MR) is 91.8 cm³/mol. The van der Waals surface area contributed by atoms with E-state index < -0.39 is 0 Å². The van der Waals surface area contributed by atoms with Crippen LogP contribution >= 0.6 is 11.6 Å². The lowest BCUT2D eigenvalue weighted by atomic mass is 9.89. The van der Waals surface area contributed by atoms with E-state index in [1.807, 2.05) is 16.8 Å². The molecule has 22 heavy (non-hydrogen) atoms. The van der Waals surface area contributed by atoms with Crippen LogP contribution in [0.15, 0.2) is 43.0 Å². The third kappa shape index (κ3) is 2.61. The molecule has 1 aromatic carbocycles. The molecule has 0 N–H and O–H groups in total. The van der Waals surface area contributed by atoms with Gasteiger partial charge in [0, 0.05) is 23.3 Å². The summed E-state index contributed by atoms with van der Waals surface area (Å²) in [6, 6.07) is 8.37. The molecule has 0 fully saturated rings. The Kier molecular flexibility index (Phi) is 4.44. The molecule has 0 saturated heterocycles. The maximum Gasteiger partial charge on any atom is 0.147 e. The summed E-state index contributed by atoms with van der Waals surface area (Å²) in [6.07, 6.45) is 8.76. The van der Waals surface area contributed by atoms with Crippen molar-refractivity contribution >= 4 is 22.4 Å². The van der Waals surface area contributed by atoms with Crippen LogP contribution in [0.4, 0.5) is 0 Å². The van der Waals surface area contributed by atoms with Gasteiger partial charge in [0.25, 0.3) is 0 Å². The summed E-state index contributed by atoms with van der Waals surface area (Å²) >= 11 is 6.59. The standard InChI is InChI=1S/C18H20ClN3/c1-3-7-13(4-2)16-14-8-5-6-9-15(14)18(21-17(16)19)22-11-10-20-12-22/h5-6,8-13H,3-4,7H2,1-2H3. The Labute approximate surface area is 136 Å². The van der Waals surface area contributed by atoms with E-state index in [1.54, 1.807) is 12.5 Å². The van der Waals surface area contributed by atoms with Crippen molar-refractivity contribution in [2.24, 2.45) is 0 Å². The van der Waals surface area contributed by atoms with E-state index in [4.69, 9.17) is 11.6 Å². The van der Waals surface area contributed by atoms with Gasteiger partial charge in [-0.15, -0.1) is 0 Å². The second-order valence-corrected chi connectivity index (χ2v) is 5.91. The highest BCUT2D eigenvalue weighted by Crippen LogP contribution is 2.37. The summed E-state index contributed by atoms with van der Waals surface area (Å²) in [7, 11) is 0. The summed E-state index contributed by atoms with van der Waals surface area (Å²) in [5, 5.41) is 2.93. The lowest BCUT2D eigenvalue weighted by Gasteiger charge is -2.20. The van der Waals surface area contributed by atoms with E-state index >= 15 is 0 Å². The number of halogens is 1. The molecule has 0 saturated carbocycles. The minimum absolute atomic E-state index is 0.451. The molecule has 1 atom stereocenters. The van der Waals surface area contributed by atoms with Gasteiger partial charge in [-0.05, 0) is 24.1 Å². The first kappa shape index (κ1) is 15.0. The Morgan fingerprint density at radius 3 is 2.59 bits per heavy atom. The van der Waals surface area contributed by atoms with Crippen LogP contribution in [0.2, 0.25) is 5.15 Å². The smallest absolute Gasteiger partial charge is 0.147 e. The van der Waals surface area contributed by atoms with Crippen LogP contribution in [0.3, 0.4) is 0 Å². The van der Waals surface area contributed by atoms with E-state index in [2.05, 4.69) is 42.0 Å². The second-order valence-electron chi connectivity index (χ2n) is 5.55. The highest BCUT2D eigenvalue weighted by molar-refractivity contribution is 6.31. The SMILES string of the molecule is CCCC(CC)c1c(Cl)nc(-n2ccnc2)c2ccccc12. The summed E-state index contributed by atoms with van der Waals surface area (Å²) in [5.41, 5.74) is 1.19. The van der Waals surface area contributed by atoms with Crippen molar-refractivity contribution in [3.63, 3.8) is 0 Å². The van der Waals surface area contributed by atoms with Crippen LogP contribution < -0.4 is 0 Å². The van der Waals surface area contributed by atoms with Crippen molar-refractivity contribution in [3.05, 3.63) is 53.7 Å². The molecule has 2 aromatic heterocycles. The zero-order valence-electron chi connectivity index (χ0n) is 13.0. The Balaban J connectivity index is 2.28. The first-order valence-corrected chi connectivity index (χ1v) is 8.20. The predicted octanol–water partition coefficient (Wildman–Crippen LogP) is 5.37. The van der Waals surface area contributed by atoms with Crippen LogP contribution in [0.1, 0.15) is 44.6 Å². The lowest BCUT2D eigenvalue weighted by Crippen LogP contribution is -2.05. The van der Waals surface area contributed by atoms with Gasteiger partial charge in [0.2, 0.25) is 0 Å². The summed E-state index contributed by atoms with van der Waals surface area (Å²) in [4.78, 5) is 8.80.